The van der Waals surface area contributed by atoms with Gasteiger partial charge in [0.15, 0.2) is 0 Å². The van der Waals surface area contributed by atoms with E-state index in [0.29, 0.717) is 0 Å². The van der Waals surface area contributed by atoms with E-state index in [2.05, 4.69) is 58.0 Å². The second-order valence-electron chi connectivity index (χ2n) is 6.46. The van der Waals surface area contributed by atoms with Crippen LogP contribution in [-0.2, 0) is 0 Å². The Morgan fingerprint density at radius 2 is 2.10 bits per heavy atom. The summed E-state index contributed by atoms with van der Waals surface area (Å²) in [6.45, 7) is 4.77. The molecule has 4 heteroatoms. The maximum absolute atomic E-state index is 6.31. The molecule has 0 aromatic heterocycles. The predicted molar refractivity (Wildman–Crippen MR) is 93.4 cm³/mol. The Morgan fingerprint density at radius 3 is 2.76 bits per heavy atom. The average molecular weight is 354 g/mol. The number of hydrogen-bond donors (Lipinski definition) is 1. The van der Waals surface area contributed by atoms with E-state index in [0.717, 1.165) is 23.4 Å². The van der Waals surface area contributed by atoms with Crippen molar-refractivity contribution in [1.82, 2.24) is 9.80 Å². The Hall–Kier alpha value is -0.420. The lowest BCUT2D eigenvalue weighted by molar-refractivity contribution is 0.174. The van der Waals surface area contributed by atoms with Crippen LogP contribution in [0, 0.1) is 5.92 Å². The van der Waals surface area contributed by atoms with Gasteiger partial charge in [0, 0.05) is 17.1 Å². The summed E-state index contributed by atoms with van der Waals surface area (Å²) in [5, 5.41) is 0. The molecule has 1 aliphatic rings. The maximum Gasteiger partial charge on any atom is 0.0307 e. The highest BCUT2D eigenvalue weighted by Crippen LogP contribution is 2.20. The molecule has 0 saturated carbocycles. The van der Waals surface area contributed by atoms with Crippen molar-refractivity contribution in [3.63, 3.8) is 0 Å². The van der Waals surface area contributed by atoms with Gasteiger partial charge in [0.05, 0.1) is 0 Å². The summed E-state index contributed by atoms with van der Waals surface area (Å²) in [5.74, 6) is 0.855. The normalized spacial score (nSPS) is 19.1. The van der Waals surface area contributed by atoms with Gasteiger partial charge in [-0.1, -0.05) is 28.1 Å². The molecule has 1 fully saturated rings. The lowest BCUT2D eigenvalue weighted by atomic mass is 9.96. The van der Waals surface area contributed by atoms with E-state index in [1.165, 1.54) is 38.0 Å². The molecule has 21 heavy (non-hydrogen) atoms. The summed E-state index contributed by atoms with van der Waals surface area (Å²) in [6.07, 6.45) is 3.68. The Morgan fingerprint density at radius 1 is 1.38 bits per heavy atom. The summed E-state index contributed by atoms with van der Waals surface area (Å²) < 4.78 is 1.11. The molecule has 1 aromatic rings. The van der Waals surface area contributed by atoms with Crippen molar-refractivity contribution < 1.29 is 0 Å². The van der Waals surface area contributed by atoms with Crippen molar-refractivity contribution in [2.45, 2.75) is 25.3 Å². The van der Waals surface area contributed by atoms with Crippen LogP contribution in [0.4, 0.5) is 0 Å². The zero-order valence-electron chi connectivity index (χ0n) is 13.3. The second-order valence-corrected chi connectivity index (χ2v) is 7.37. The number of nitrogens with zero attached hydrogens (tertiary/aromatic N) is 2. The van der Waals surface area contributed by atoms with Gasteiger partial charge in [0.1, 0.15) is 0 Å². The summed E-state index contributed by atoms with van der Waals surface area (Å²) >= 11 is 3.51. The van der Waals surface area contributed by atoms with Crippen molar-refractivity contribution in [2.24, 2.45) is 11.7 Å². The SMILES string of the molecule is CN1CCC(CN(C)CCC(N)c2cccc(Br)c2)CC1. The molecule has 0 amide bonds. The first kappa shape index (κ1) is 16.9. The van der Waals surface area contributed by atoms with Crippen LogP contribution in [0.3, 0.4) is 0 Å². The van der Waals surface area contributed by atoms with Gasteiger partial charge in [0.2, 0.25) is 0 Å². The van der Waals surface area contributed by atoms with E-state index in [1.54, 1.807) is 0 Å². The van der Waals surface area contributed by atoms with Gasteiger partial charge >= 0.3 is 0 Å². The molecule has 0 bridgehead atoms. The fraction of sp³-hybridized carbons (Fsp3) is 0.647. The number of hydrogen-bond acceptors (Lipinski definition) is 3. The minimum Gasteiger partial charge on any atom is -0.324 e. The van der Waals surface area contributed by atoms with E-state index >= 15 is 0 Å². The maximum atomic E-state index is 6.31. The Kier molecular flexibility index (Phi) is 6.68. The quantitative estimate of drug-likeness (QED) is 0.852. The van der Waals surface area contributed by atoms with E-state index in [1.807, 2.05) is 6.07 Å². The molecule has 3 nitrogen and oxygen atoms in total. The number of piperidine rings is 1. The van der Waals surface area contributed by atoms with Gasteiger partial charge in [-0.15, -0.1) is 0 Å². The van der Waals surface area contributed by atoms with Crippen LogP contribution in [0.2, 0.25) is 0 Å². The second kappa shape index (κ2) is 8.28. The van der Waals surface area contributed by atoms with E-state index < -0.39 is 0 Å². The molecule has 1 heterocycles. The molecular weight excluding hydrogens is 326 g/mol. The van der Waals surface area contributed by atoms with Crippen LogP contribution >= 0.6 is 15.9 Å². The first-order chi connectivity index (χ1) is 10.0. The molecular formula is C17H28BrN3. The van der Waals surface area contributed by atoms with Gasteiger partial charge in [-0.25, -0.2) is 0 Å². The van der Waals surface area contributed by atoms with Crippen molar-refractivity contribution in [3.05, 3.63) is 34.3 Å². The summed E-state index contributed by atoms with van der Waals surface area (Å²) in [4.78, 5) is 4.88. The Bertz CT molecular complexity index is 430. The fourth-order valence-corrected chi connectivity index (χ4v) is 3.46. The molecule has 1 atom stereocenters. The third kappa shape index (κ3) is 5.70. The van der Waals surface area contributed by atoms with Crippen molar-refractivity contribution in [3.8, 4) is 0 Å². The Labute approximate surface area is 137 Å². The number of benzene rings is 1. The standard InChI is InChI=1S/C17H28BrN3/c1-20-9-6-14(7-10-20)13-21(2)11-8-17(19)15-4-3-5-16(18)12-15/h3-5,12,14,17H,6-11,13,19H2,1-2H3. The minimum atomic E-state index is 0.127. The first-order valence-corrected chi connectivity index (χ1v) is 8.72. The van der Waals surface area contributed by atoms with Gasteiger partial charge in [-0.05, 0) is 76.6 Å². The van der Waals surface area contributed by atoms with E-state index in [9.17, 15) is 0 Å². The average Bonchev–Trinajstić information content (AvgIpc) is 2.47. The van der Waals surface area contributed by atoms with Crippen LogP contribution in [0.25, 0.3) is 0 Å². The predicted octanol–water partition coefficient (Wildman–Crippen LogP) is 3.11. The molecule has 118 valence electrons. The first-order valence-electron chi connectivity index (χ1n) is 7.92. The van der Waals surface area contributed by atoms with Crippen LogP contribution in [0.1, 0.15) is 30.9 Å². The number of likely N-dealkylation sites (tertiary alicyclic amines) is 1. The third-order valence-electron chi connectivity index (χ3n) is 4.51. The molecule has 0 aliphatic carbocycles. The lowest BCUT2D eigenvalue weighted by Crippen LogP contribution is -2.36. The summed E-state index contributed by atoms with van der Waals surface area (Å²) in [5.41, 5.74) is 7.53. The van der Waals surface area contributed by atoms with Gasteiger partial charge in [-0.2, -0.15) is 0 Å². The van der Waals surface area contributed by atoms with Gasteiger partial charge < -0.3 is 15.5 Å². The Balaban J connectivity index is 1.72. The lowest BCUT2D eigenvalue weighted by Gasteiger charge is -2.32. The number of nitrogens with two attached hydrogens (primary N) is 1. The smallest absolute Gasteiger partial charge is 0.0307 e. The number of halogens is 1. The zero-order valence-corrected chi connectivity index (χ0v) is 14.8. The highest BCUT2D eigenvalue weighted by molar-refractivity contribution is 9.10. The molecule has 1 aromatic carbocycles. The molecule has 1 aliphatic heterocycles. The molecule has 1 saturated heterocycles. The highest BCUT2D eigenvalue weighted by atomic mass is 79.9. The van der Waals surface area contributed by atoms with Gasteiger partial charge in [0.25, 0.3) is 0 Å². The van der Waals surface area contributed by atoms with Crippen LogP contribution in [0.15, 0.2) is 28.7 Å². The van der Waals surface area contributed by atoms with Crippen LogP contribution in [-0.4, -0.2) is 50.1 Å². The third-order valence-corrected chi connectivity index (χ3v) is 5.00. The van der Waals surface area contributed by atoms with Crippen LogP contribution < -0.4 is 5.73 Å². The minimum absolute atomic E-state index is 0.127. The topological polar surface area (TPSA) is 32.5 Å². The largest absolute Gasteiger partial charge is 0.324 e. The molecule has 2 rings (SSSR count). The number of rotatable bonds is 6. The monoisotopic (exact) mass is 353 g/mol. The molecule has 1 unspecified atom stereocenters. The summed E-state index contributed by atoms with van der Waals surface area (Å²) in [7, 11) is 4.45. The van der Waals surface area contributed by atoms with Crippen LogP contribution in [0.5, 0.6) is 0 Å². The van der Waals surface area contributed by atoms with E-state index in [-0.39, 0.29) is 6.04 Å². The van der Waals surface area contributed by atoms with Crippen molar-refractivity contribution in [1.29, 1.82) is 0 Å². The highest BCUT2D eigenvalue weighted by Gasteiger charge is 2.18. The van der Waals surface area contributed by atoms with E-state index in [4.69, 9.17) is 5.73 Å². The zero-order chi connectivity index (χ0) is 15.2. The molecule has 2 N–H and O–H groups in total. The van der Waals surface area contributed by atoms with Crippen molar-refractivity contribution in [2.75, 3.05) is 40.3 Å². The summed E-state index contributed by atoms with van der Waals surface area (Å²) in [6, 6.07) is 8.47. The molecule has 0 spiro atoms. The van der Waals surface area contributed by atoms with Crippen molar-refractivity contribution >= 4 is 15.9 Å². The fourth-order valence-electron chi connectivity index (χ4n) is 3.04. The van der Waals surface area contributed by atoms with Gasteiger partial charge in [-0.3, -0.25) is 0 Å². The molecule has 0 radical (unpaired) electrons.